The molecule has 0 aliphatic rings. The van der Waals surface area contributed by atoms with Gasteiger partial charge in [0.1, 0.15) is 11.6 Å². The predicted octanol–water partition coefficient (Wildman–Crippen LogP) is -0.531. The molecule has 0 atom stereocenters. The van der Waals surface area contributed by atoms with Gasteiger partial charge in [0.25, 0.3) is 7.82 Å². The van der Waals surface area contributed by atoms with Crippen LogP contribution in [0.4, 0.5) is 5.82 Å². The molecule has 0 fully saturated rings. The molecular weight excluding hydrogens is 379 g/mol. The van der Waals surface area contributed by atoms with Gasteiger partial charge >= 0.3 is 0 Å². The van der Waals surface area contributed by atoms with Gasteiger partial charge in [0.05, 0.1) is 10.4 Å². The summed E-state index contributed by atoms with van der Waals surface area (Å²) in [6, 6.07) is 0. The molecule has 5 N–H and O–H groups in total. The van der Waals surface area contributed by atoms with E-state index in [4.69, 9.17) is 30.1 Å². The highest BCUT2D eigenvalue weighted by atomic mass is 35.5. The van der Waals surface area contributed by atoms with Crippen LogP contribution in [0.25, 0.3) is 0 Å². The summed E-state index contributed by atoms with van der Waals surface area (Å²) in [7, 11) is -4.89. The highest BCUT2D eigenvalue weighted by molar-refractivity contribution is 7.43. The Morgan fingerprint density at radius 2 is 2.00 bits per heavy atom. The number of hydrogen-bond acceptors (Lipinski definition) is 7. The molecule has 0 unspecified atom stereocenters. The highest BCUT2D eigenvalue weighted by Crippen LogP contribution is 2.19. The third-order valence-electron chi connectivity index (χ3n) is 2.85. The monoisotopic (exact) mass is 398 g/mol. The largest absolute Gasteiger partial charge is 0.756 e. The molecule has 0 radical (unpaired) electrons. The van der Waals surface area contributed by atoms with Crippen LogP contribution in [0, 0.1) is 13.8 Å². The van der Waals surface area contributed by atoms with Crippen LogP contribution in [0.15, 0.2) is 11.7 Å². The summed E-state index contributed by atoms with van der Waals surface area (Å²) < 4.78 is 10.9. The van der Waals surface area contributed by atoms with E-state index < -0.39 is 7.82 Å². The maximum absolute atomic E-state index is 8.98. The summed E-state index contributed by atoms with van der Waals surface area (Å²) in [4.78, 5) is 32.4. The normalized spacial score (nSPS) is 10.6. The SMILES string of the molecule is Cc1ncc(C[n+]2csc(CCO)c2C)c(N)n1.Cl.O=P([O-])(O)O. The van der Waals surface area contributed by atoms with Crippen molar-refractivity contribution < 1.29 is 28.9 Å². The van der Waals surface area contributed by atoms with Crippen LogP contribution in [-0.4, -0.2) is 31.5 Å². The second-order valence-electron chi connectivity index (χ2n) is 4.65. The topological polar surface area (TPSA) is 156 Å². The van der Waals surface area contributed by atoms with Crippen LogP contribution in [0.1, 0.15) is 22.0 Å². The van der Waals surface area contributed by atoms with Crippen LogP contribution in [-0.2, 0) is 17.5 Å². The fourth-order valence-corrected chi connectivity index (χ4v) is 2.75. The van der Waals surface area contributed by atoms with Gasteiger partial charge in [0, 0.05) is 26.1 Å². The Bertz CT molecular complexity index is 700. The fourth-order valence-electron chi connectivity index (χ4n) is 1.77. The zero-order chi connectivity index (χ0) is 17.6. The maximum atomic E-state index is 8.98. The molecule has 2 aromatic rings. The third kappa shape index (κ3) is 8.11. The summed E-state index contributed by atoms with van der Waals surface area (Å²) in [6.07, 6.45) is 2.47. The Morgan fingerprint density at radius 1 is 1.42 bits per heavy atom. The van der Waals surface area contributed by atoms with Crippen LogP contribution < -0.4 is 15.2 Å². The van der Waals surface area contributed by atoms with E-state index in [0.717, 1.165) is 11.3 Å². The minimum Gasteiger partial charge on any atom is -0.756 e. The molecule has 0 aromatic carbocycles. The van der Waals surface area contributed by atoms with Crippen LogP contribution in [0.5, 0.6) is 0 Å². The van der Waals surface area contributed by atoms with Crippen LogP contribution in [0.2, 0.25) is 0 Å². The first-order valence-electron chi connectivity index (χ1n) is 6.53. The van der Waals surface area contributed by atoms with Crippen molar-refractivity contribution in [2.75, 3.05) is 12.3 Å². The first-order valence-corrected chi connectivity index (χ1v) is 8.94. The third-order valence-corrected chi connectivity index (χ3v) is 4.00. The van der Waals surface area contributed by atoms with Gasteiger partial charge in [-0.3, -0.25) is 4.57 Å². The van der Waals surface area contributed by atoms with Crippen molar-refractivity contribution in [1.29, 1.82) is 0 Å². The van der Waals surface area contributed by atoms with E-state index >= 15 is 0 Å². The molecule has 0 spiro atoms. The first kappa shape index (κ1) is 22.9. The first-order chi connectivity index (χ1) is 10.6. The number of hydrogen-bond donors (Lipinski definition) is 4. The number of aliphatic hydroxyl groups excluding tert-OH is 1. The minimum absolute atomic E-state index is 0. The number of nitrogen functional groups attached to an aromatic ring is 1. The Labute approximate surface area is 149 Å². The van der Waals surface area contributed by atoms with E-state index in [1.165, 1.54) is 4.88 Å². The average molecular weight is 399 g/mol. The highest BCUT2D eigenvalue weighted by Gasteiger charge is 2.16. The van der Waals surface area contributed by atoms with Gasteiger partial charge < -0.3 is 25.5 Å². The standard InChI is InChI=1S/C12H17N4OS.ClH.H3O4P/c1-8-11(3-4-17)18-7-16(8)6-10-5-14-9(2)15-12(10)13;;1-5(2,3)4/h5,7,17H,3-4,6H2,1-2H3,(H2,13,14,15);1H;(H3,1,2,3,4)/q+1;;/p-1. The number of halogens is 1. The van der Waals surface area contributed by atoms with Crippen molar-refractivity contribution >= 4 is 37.4 Å². The zero-order valence-electron chi connectivity index (χ0n) is 13.1. The molecule has 136 valence electrons. The van der Waals surface area contributed by atoms with Crippen molar-refractivity contribution in [1.82, 2.24) is 9.97 Å². The number of nitrogens with zero attached hydrogens (tertiary/aromatic N) is 3. The molecule has 0 amide bonds. The van der Waals surface area contributed by atoms with Gasteiger partial charge in [-0.25, -0.2) is 9.97 Å². The van der Waals surface area contributed by atoms with Crippen molar-refractivity contribution in [3.63, 3.8) is 0 Å². The molecule has 2 rings (SSSR count). The van der Waals surface area contributed by atoms with E-state index in [1.54, 1.807) is 17.5 Å². The van der Waals surface area contributed by atoms with Gasteiger partial charge in [-0.1, -0.05) is 11.3 Å². The average Bonchev–Trinajstić information content (AvgIpc) is 2.73. The molecule has 0 aliphatic heterocycles. The lowest BCUT2D eigenvalue weighted by Gasteiger charge is -2.01. The van der Waals surface area contributed by atoms with Crippen molar-refractivity contribution in [3.8, 4) is 0 Å². The molecule has 24 heavy (non-hydrogen) atoms. The molecule has 2 heterocycles. The zero-order valence-corrected chi connectivity index (χ0v) is 15.6. The van der Waals surface area contributed by atoms with Crippen LogP contribution in [0.3, 0.4) is 0 Å². The summed E-state index contributed by atoms with van der Waals surface area (Å²) >= 11 is 1.65. The molecule has 12 heteroatoms. The number of nitrogens with two attached hydrogens (primary N) is 1. The van der Waals surface area contributed by atoms with Gasteiger partial charge in [-0.15, -0.1) is 12.4 Å². The number of rotatable bonds is 4. The Hall–Kier alpha value is -1.13. The van der Waals surface area contributed by atoms with Crippen molar-refractivity contribution in [2.24, 2.45) is 0 Å². The van der Waals surface area contributed by atoms with E-state index in [1.807, 2.05) is 19.4 Å². The number of aryl methyl sites for hydroxylation is 1. The van der Waals surface area contributed by atoms with E-state index in [9.17, 15) is 0 Å². The lowest BCUT2D eigenvalue weighted by atomic mass is 10.2. The molecule has 0 saturated carbocycles. The summed E-state index contributed by atoms with van der Waals surface area (Å²) in [5, 5.41) is 8.98. The number of thiazole rings is 1. The molecule has 2 aromatic heterocycles. The van der Waals surface area contributed by atoms with Gasteiger partial charge in [0.2, 0.25) is 5.51 Å². The number of anilines is 1. The fraction of sp³-hybridized carbons (Fsp3) is 0.417. The molecular formula is C12H20ClN4O5PS. The van der Waals surface area contributed by atoms with E-state index in [2.05, 4.69) is 14.5 Å². The van der Waals surface area contributed by atoms with Crippen molar-refractivity contribution in [2.45, 2.75) is 26.8 Å². The lowest BCUT2D eigenvalue weighted by Crippen LogP contribution is -2.35. The van der Waals surface area contributed by atoms with E-state index in [0.29, 0.717) is 24.6 Å². The Morgan fingerprint density at radius 3 is 2.50 bits per heavy atom. The van der Waals surface area contributed by atoms with Crippen LogP contribution >= 0.6 is 31.6 Å². The van der Waals surface area contributed by atoms with Crippen molar-refractivity contribution in [3.05, 3.63) is 33.7 Å². The lowest BCUT2D eigenvalue weighted by molar-refractivity contribution is -0.689. The second kappa shape index (κ2) is 10.00. The summed E-state index contributed by atoms with van der Waals surface area (Å²) in [6.45, 7) is 4.71. The maximum Gasteiger partial charge on any atom is 0.262 e. The van der Waals surface area contributed by atoms with Gasteiger partial charge in [-0.2, -0.15) is 4.57 Å². The molecule has 9 nitrogen and oxygen atoms in total. The number of aliphatic hydroxyl groups is 1. The molecule has 0 bridgehead atoms. The van der Waals surface area contributed by atoms with Gasteiger partial charge in [0.15, 0.2) is 12.2 Å². The summed E-state index contributed by atoms with van der Waals surface area (Å²) in [5.41, 5.74) is 10.0. The quantitative estimate of drug-likeness (QED) is 0.395. The molecule has 0 saturated heterocycles. The number of phosphoric acid groups is 1. The van der Waals surface area contributed by atoms with E-state index in [-0.39, 0.29) is 19.0 Å². The Kier molecular flexibility index (Phi) is 9.53. The van der Waals surface area contributed by atoms with Gasteiger partial charge in [-0.05, 0) is 6.92 Å². The number of aromatic nitrogens is 3. The Balaban J connectivity index is 0.000000777. The second-order valence-corrected chi connectivity index (χ2v) is 6.57. The predicted molar refractivity (Wildman–Crippen MR) is 89.6 cm³/mol. The smallest absolute Gasteiger partial charge is 0.262 e. The molecule has 0 aliphatic carbocycles. The minimum atomic E-state index is -4.89. The summed E-state index contributed by atoms with van der Waals surface area (Å²) in [5.74, 6) is 1.22.